The summed E-state index contributed by atoms with van der Waals surface area (Å²) in [5.41, 5.74) is 1.78. The number of amides is 2. The predicted molar refractivity (Wildman–Crippen MR) is 86.6 cm³/mol. The van der Waals surface area contributed by atoms with E-state index in [9.17, 15) is 9.59 Å². The molecule has 0 aliphatic carbocycles. The smallest absolute Gasteiger partial charge is 0.339 e. The van der Waals surface area contributed by atoms with Gasteiger partial charge in [0.2, 0.25) is 0 Å². The van der Waals surface area contributed by atoms with Crippen LogP contribution in [-0.4, -0.2) is 25.8 Å². The molecule has 2 rings (SSSR count). The SMILES string of the molecule is COC(=O)c1ccccc1NC(=O)NCOc1ccc(C)cc1. The van der Waals surface area contributed by atoms with Gasteiger partial charge in [-0.15, -0.1) is 0 Å². The fourth-order valence-electron chi connectivity index (χ4n) is 1.87. The number of rotatable bonds is 5. The Morgan fingerprint density at radius 1 is 1.04 bits per heavy atom. The maximum absolute atomic E-state index is 11.9. The molecule has 0 heterocycles. The van der Waals surface area contributed by atoms with Gasteiger partial charge in [0, 0.05) is 0 Å². The third-order valence-corrected chi connectivity index (χ3v) is 3.07. The van der Waals surface area contributed by atoms with Crippen molar-refractivity contribution in [3.63, 3.8) is 0 Å². The topological polar surface area (TPSA) is 76.7 Å². The van der Waals surface area contributed by atoms with Crippen LogP contribution in [0, 0.1) is 6.92 Å². The molecular weight excluding hydrogens is 296 g/mol. The van der Waals surface area contributed by atoms with Crippen molar-refractivity contribution >= 4 is 17.7 Å². The third-order valence-electron chi connectivity index (χ3n) is 3.07. The molecule has 0 aliphatic heterocycles. The maximum atomic E-state index is 11.9. The number of para-hydroxylation sites is 1. The Labute approximate surface area is 134 Å². The van der Waals surface area contributed by atoms with Gasteiger partial charge in [-0.3, -0.25) is 0 Å². The van der Waals surface area contributed by atoms with Gasteiger partial charge >= 0.3 is 12.0 Å². The first-order valence-corrected chi connectivity index (χ1v) is 7.02. The van der Waals surface area contributed by atoms with Crippen molar-refractivity contribution in [1.29, 1.82) is 0 Å². The Balaban J connectivity index is 1.88. The number of benzene rings is 2. The Hall–Kier alpha value is -3.02. The highest BCUT2D eigenvalue weighted by atomic mass is 16.5. The molecule has 6 nitrogen and oxygen atoms in total. The Morgan fingerprint density at radius 3 is 2.43 bits per heavy atom. The molecular formula is C17H18N2O4. The van der Waals surface area contributed by atoms with Crippen LogP contribution in [0.5, 0.6) is 5.75 Å². The Morgan fingerprint density at radius 2 is 1.74 bits per heavy atom. The van der Waals surface area contributed by atoms with E-state index in [4.69, 9.17) is 4.74 Å². The Kier molecular flexibility index (Phi) is 5.57. The molecule has 23 heavy (non-hydrogen) atoms. The molecule has 2 N–H and O–H groups in total. The number of nitrogens with one attached hydrogen (secondary N) is 2. The molecule has 0 bridgehead atoms. The van der Waals surface area contributed by atoms with Crippen LogP contribution in [0.15, 0.2) is 48.5 Å². The minimum absolute atomic E-state index is 0.00921. The van der Waals surface area contributed by atoms with Crippen molar-refractivity contribution in [1.82, 2.24) is 5.32 Å². The molecule has 0 saturated heterocycles. The van der Waals surface area contributed by atoms with Crippen molar-refractivity contribution in [3.8, 4) is 5.75 Å². The second kappa shape index (κ2) is 7.84. The summed E-state index contributed by atoms with van der Waals surface area (Å²) in [6.45, 7) is 1.99. The molecule has 0 aliphatic rings. The van der Waals surface area contributed by atoms with Gasteiger partial charge in [-0.2, -0.15) is 0 Å². The summed E-state index contributed by atoms with van der Waals surface area (Å²) in [5, 5.41) is 5.14. The Bertz CT molecular complexity index is 683. The molecule has 0 unspecified atom stereocenters. The first kappa shape index (κ1) is 16.4. The zero-order valence-corrected chi connectivity index (χ0v) is 13.0. The first-order chi connectivity index (χ1) is 11.1. The van der Waals surface area contributed by atoms with E-state index >= 15 is 0 Å². The molecule has 2 aromatic carbocycles. The number of esters is 1. The van der Waals surface area contributed by atoms with Crippen LogP contribution >= 0.6 is 0 Å². The van der Waals surface area contributed by atoms with Crippen molar-refractivity contribution in [2.24, 2.45) is 0 Å². The number of aryl methyl sites for hydroxylation is 1. The largest absolute Gasteiger partial charge is 0.473 e. The van der Waals surface area contributed by atoms with E-state index in [0.717, 1.165) is 5.56 Å². The lowest BCUT2D eigenvalue weighted by Crippen LogP contribution is -2.32. The lowest BCUT2D eigenvalue weighted by atomic mass is 10.2. The lowest BCUT2D eigenvalue weighted by Gasteiger charge is -2.11. The van der Waals surface area contributed by atoms with Crippen LogP contribution in [0.1, 0.15) is 15.9 Å². The number of methoxy groups -OCH3 is 1. The minimum Gasteiger partial charge on any atom is -0.473 e. The van der Waals surface area contributed by atoms with E-state index < -0.39 is 12.0 Å². The fourth-order valence-corrected chi connectivity index (χ4v) is 1.87. The minimum atomic E-state index is -0.517. The van der Waals surface area contributed by atoms with Crippen LogP contribution in [0.25, 0.3) is 0 Å². The summed E-state index contributed by atoms with van der Waals surface area (Å²) < 4.78 is 10.1. The number of urea groups is 1. The highest BCUT2D eigenvalue weighted by molar-refractivity contribution is 6.00. The van der Waals surface area contributed by atoms with E-state index in [2.05, 4.69) is 15.4 Å². The molecule has 0 spiro atoms. The summed E-state index contributed by atoms with van der Waals surface area (Å²) in [6, 6.07) is 13.6. The normalized spacial score (nSPS) is 9.83. The molecule has 0 atom stereocenters. The van der Waals surface area contributed by atoms with Gasteiger partial charge < -0.3 is 20.1 Å². The molecule has 120 valence electrons. The van der Waals surface area contributed by atoms with Crippen LogP contribution in [0.2, 0.25) is 0 Å². The zero-order chi connectivity index (χ0) is 16.7. The van der Waals surface area contributed by atoms with Crippen molar-refractivity contribution in [2.75, 3.05) is 19.2 Å². The molecule has 0 saturated carbocycles. The van der Waals surface area contributed by atoms with Crippen LogP contribution < -0.4 is 15.4 Å². The summed E-state index contributed by atoms with van der Waals surface area (Å²) in [5.74, 6) is 0.141. The summed E-state index contributed by atoms with van der Waals surface area (Å²) in [6.07, 6.45) is 0. The van der Waals surface area contributed by atoms with Gasteiger partial charge in [-0.1, -0.05) is 29.8 Å². The monoisotopic (exact) mass is 314 g/mol. The van der Waals surface area contributed by atoms with Crippen LogP contribution in [0.4, 0.5) is 10.5 Å². The van der Waals surface area contributed by atoms with Gasteiger partial charge in [0.25, 0.3) is 0 Å². The number of hydrogen-bond donors (Lipinski definition) is 2. The molecule has 2 aromatic rings. The quantitative estimate of drug-likeness (QED) is 0.657. The number of carbonyl (C=O) groups excluding carboxylic acids is 2. The van der Waals surface area contributed by atoms with E-state index in [-0.39, 0.29) is 12.3 Å². The van der Waals surface area contributed by atoms with Crippen molar-refractivity contribution in [2.45, 2.75) is 6.92 Å². The van der Waals surface area contributed by atoms with Gasteiger partial charge in [0.05, 0.1) is 18.4 Å². The first-order valence-electron chi connectivity index (χ1n) is 7.02. The predicted octanol–water partition coefficient (Wildman–Crippen LogP) is 2.94. The standard InChI is InChI=1S/C17H18N2O4/c1-12-7-9-13(10-8-12)23-11-18-17(21)19-15-6-4-3-5-14(15)16(20)22-2/h3-10H,11H2,1-2H3,(H2,18,19,21). The molecule has 2 amide bonds. The van der Waals surface area contributed by atoms with Gasteiger partial charge in [-0.25, -0.2) is 9.59 Å². The molecule has 6 heteroatoms. The van der Waals surface area contributed by atoms with E-state index in [0.29, 0.717) is 11.4 Å². The maximum Gasteiger partial charge on any atom is 0.339 e. The zero-order valence-electron chi connectivity index (χ0n) is 13.0. The number of hydrogen-bond acceptors (Lipinski definition) is 4. The second-order valence-electron chi connectivity index (χ2n) is 4.77. The summed E-state index contributed by atoms with van der Waals surface area (Å²) in [7, 11) is 1.29. The average molecular weight is 314 g/mol. The average Bonchev–Trinajstić information content (AvgIpc) is 2.56. The van der Waals surface area contributed by atoms with E-state index in [1.165, 1.54) is 7.11 Å². The molecule has 0 fully saturated rings. The number of ether oxygens (including phenoxy) is 2. The van der Waals surface area contributed by atoms with Gasteiger partial charge in [0.1, 0.15) is 5.75 Å². The second-order valence-corrected chi connectivity index (χ2v) is 4.77. The summed E-state index contributed by atoms with van der Waals surface area (Å²) in [4.78, 5) is 23.5. The van der Waals surface area contributed by atoms with Crippen molar-refractivity contribution in [3.05, 3.63) is 59.7 Å². The summed E-state index contributed by atoms with van der Waals surface area (Å²) >= 11 is 0. The van der Waals surface area contributed by atoms with Gasteiger partial charge in [-0.05, 0) is 31.2 Å². The molecule has 0 radical (unpaired) electrons. The third kappa shape index (κ3) is 4.74. The van der Waals surface area contributed by atoms with Crippen molar-refractivity contribution < 1.29 is 19.1 Å². The fraction of sp³-hybridized carbons (Fsp3) is 0.176. The highest BCUT2D eigenvalue weighted by Crippen LogP contribution is 2.16. The number of anilines is 1. The van der Waals surface area contributed by atoms with E-state index in [1.54, 1.807) is 24.3 Å². The lowest BCUT2D eigenvalue weighted by molar-refractivity contribution is 0.0602. The van der Waals surface area contributed by atoms with Gasteiger partial charge in [0.15, 0.2) is 6.73 Å². The van der Waals surface area contributed by atoms with Crippen LogP contribution in [-0.2, 0) is 4.74 Å². The number of carbonyl (C=O) groups is 2. The van der Waals surface area contributed by atoms with E-state index in [1.807, 2.05) is 31.2 Å². The molecule has 0 aromatic heterocycles. The van der Waals surface area contributed by atoms with Crippen LogP contribution in [0.3, 0.4) is 0 Å². The highest BCUT2D eigenvalue weighted by Gasteiger charge is 2.12.